The van der Waals surface area contributed by atoms with Crippen LogP contribution in [0, 0.1) is 5.92 Å². The molecule has 0 spiro atoms. The first-order valence-corrected chi connectivity index (χ1v) is 8.50. The molecule has 0 saturated carbocycles. The maximum Gasteiger partial charge on any atom is 0.305 e. The van der Waals surface area contributed by atoms with Crippen LogP contribution in [0.15, 0.2) is 24.3 Å². The van der Waals surface area contributed by atoms with Gasteiger partial charge in [-0.05, 0) is 31.5 Å². The molecule has 1 N–H and O–H groups in total. The molecule has 0 aliphatic rings. The molecule has 0 unspecified atom stereocenters. The van der Waals surface area contributed by atoms with Crippen LogP contribution in [0.5, 0.6) is 0 Å². The standard InChI is InChI=1S/C19H28N2O4/c1-13(2)18(24)20(5)12-15-6-8-16(9-7-15)19(25)21(14(3)4)11-10-17(22)23/h6-9,13-14H,10-12H2,1-5H3,(H,22,23). The molecule has 0 heterocycles. The molecule has 1 aromatic rings. The van der Waals surface area contributed by atoms with Crippen LogP contribution in [0.4, 0.5) is 0 Å². The van der Waals surface area contributed by atoms with Crippen LogP contribution in [0.25, 0.3) is 0 Å². The maximum atomic E-state index is 12.6. The molecule has 0 aliphatic carbocycles. The number of hydrogen-bond acceptors (Lipinski definition) is 3. The number of aliphatic carboxylic acids is 1. The zero-order valence-corrected chi connectivity index (χ0v) is 15.7. The van der Waals surface area contributed by atoms with Gasteiger partial charge in [0.25, 0.3) is 5.91 Å². The molecule has 0 aliphatic heterocycles. The molecule has 2 amide bonds. The van der Waals surface area contributed by atoms with E-state index in [0.717, 1.165) is 5.56 Å². The van der Waals surface area contributed by atoms with Crippen molar-refractivity contribution in [3.63, 3.8) is 0 Å². The van der Waals surface area contributed by atoms with Crippen molar-refractivity contribution in [2.45, 2.75) is 46.7 Å². The molecule has 1 aromatic carbocycles. The van der Waals surface area contributed by atoms with Crippen LogP contribution in [0.3, 0.4) is 0 Å². The van der Waals surface area contributed by atoms with Crippen molar-refractivity contribution in [1.29, 1.82) is 0 Å². The van der Waals surface area contributed by atoms with Gasteiger partial charge >= 0.3 is 5.97 Å². The summed E-state index contributed by atoms with van der Waals surface area (Å²) in [5.74, 6) is -1.10. The first-order valence-electron chi connectivity index (χ1n) is 8.50. The number of hydrogen-bond donors (Lipinski definition) is 1. The van der Waals surface area contributed by atoms with Crippen molar-refractivity contribution >= 4 is 17.8 Å². The van der Waals surface area contributed by atoms with Crippen LogP contribution in [0.1, 0.15) is 50.0 Å². The van der Waals surface area contributed by atoms with E-state index in [2.05, 4.69) is 0 Å². The van der Waals surface area contributed by atoms with Gasteiger partial charge in [0, 0.05) is 37.7 Å². The summed E-state index contributed by atoms with van der Waals surface area (Å²) in [7, 11) is 1.76. The molecule has 0 saturated heterocycles. The second kappa shape index (κ2) is 9.20. The van der Waals surface area contributed by atoms with E-state index in [9.17, 15) is 14.4 Å². The molecule has 6 nitrogen and oxygen atoms in total. The lowest BCUT2D eigenvalue weighted by Gasteiger charge is -2.26. The van der Waals surface area contributed by atoms with E-state index >= 15 is 0 Å². The summed E-state index contributed by atoms with van der Waals surface area (Å²) in [5, 5.41) is 8.83. The topological polar surface area (TPSA) is 77.9 Å². The van der Waals surface area contributed by atoms with Crippen LogP contribution in [0.2, 0.25) is 0 Å². The van der Waals surface area contributed by atoms with Crippen molar-refractivity contribution < 1.29 is 19.5 Å². The SMILES string of the molecule is CC(C)C(=O)N(C)Cc1ccc(C(=O)N(CCC(=O)O)C(C)C)cc1. The van der Waals surface area contributed by atoms with Crippen molar-refractivity contribution in [1.82, 2.24) is 9.80 Å². The van der Waals surface area contributed by atoms with E-state index in [1.807, 2.05) is 39.8 Å². The Morgan fingerprint density at radius 3 is 2.04 bits per heavy atom. The predicted octanol–water partition coefficient (Wildman–Crippen LogP) is 2.63. The minimum absolute atomic E-state index is 0.0558. The van der Waals surface area contributed by atoms with Gasteiger partial charge in [0.15, 0.2) is 0 Å². The number of carbonyl (C=O) groups is 3. The summed E-state index contributed by atoms with van der Waals surface area (Å²) < 4.78 is 0. The van der Waals surface area contributed by atoms with E-state index < -0.39 is 5.97 Å². The normalized spacial score (nSPS) is 10.8. The zero-order chi connectivity index (χ0) is 19.1. The molecule has 1 rings (SSSR count). The fourth-order valence-corrected chi connectivity index (χ4v) is 2.52. The molecule has 0 aromatic heterocycles. The van der Waals surface area contributed by atoms with Crippen molar-refractivity contribution in [3.05, 3.63) is 35.4 Å². The van der Waals surface area contributed by atoms with Gasteiger partial charge in [0.05, 0.1) is 6.42 Å². The molecular weight excluding hydrogens is 320 g/mol. The van der Waals surface area contributed by atoms with Crippen LogP contribution in [-0.4, -0.2) is 52.3 Å². The van der Waals surface area contributed by atoms with Gasteiger partial charge in [-0.25, -0.2) is 0 Å². The molecule has 0 atom stereocenters. The molecule has 0 radical (unpaired) electrons. The van der Waals surface area contributed by atoms with Gasteiger partial charge < -0.3 is 14.9 Å². The fourth-order valence-electron chi connectivity index (χ4n) is 2.52. The van der Waals surface area contributed by atoms with Crippen LogP contribution >= 0.6 is 0 Å². The lowest BCUT2D eigenvalue weighted by molar-refractivity contribution is -0.137. The number of carboxylic acid groups (broad SMARTS) is 1. The second-order valence-electron chi connectivity index (χ2n) is 6.78. The number of carbonyl (C=O) groups excluding carboxylic acids is 2. The number of rotatable bonds is 8. The summed E-state index contributed by atoms with van der Waals surface area (Å²) in [6, 6.07) is 7.02. The molecule has 0 fully saturated rings. The average molecular weight is 348 g/mol. The monoisotopic (exact) mass is 348 g/mol. The van der Waals surface area contributed by atoms with Gasteiger partial charge in [-0.3, -0.25) is 14.4 Å². The number of nitrogens with zero attached hydrogens (tertiary/aromatic N) is 2. The van der Waals surface area contributed by atoms with E-state index in [-0.39, 0.29) is 36.7 Å². The van der Waals surface area contributed by atoms with E-state index in [1.165, 1.54) is 0 Å². The lowest BCUT2D eigenvalue weighted by atomic mass is 10.1. The Balaban J connectivity index is 2.81. The summed E-state index contributed by atoms with van der Waals surface area (Å²) >= 11 is 0. The minimum atomic E-state index is -0.924. The molecule has 25 heavy (non-hydrogen) atoms. The number of amides is 2. The zero-order valence-electron chi connectivity index (χ0n) is 15.7. The Morgan fingerprint density at radius 1 is 1.04 bits per heavy atom. The Bertz CT molecular complexity index is 608. The lowest BCUT2D eigenvalue weighted by Crippen LogP contribution is -2.38. The van der Waals surface area contributed by atoms with Crippen molar-refractivity contribution in [3.8, 4) is 0 Å². The van der Waals surface area contributed by atoms with E-state index in [1.54, 1.807) is 29.0 Å². The summed E-state index contributed by atoms with van der Waals surface area (Å²) in [5.41, 5.74) is 1.45. The molecular formula is C19H28N2O4. The average Bonchev–Trinajstić information content (AvgIpc) is 2.53. The maximum absolute atomic E-state index is 12.6. The first-order chi connectivity index (χ1) is 11.6. The smallest absolute Gasteiger partial charge is 0.305 e. The fraction of sp³-hybridized carbons (Fsp3) is 0.526. The van der Waals surface area contributed by atoms with Gasteiger partial charge in [0.1, 0.15) is 0 Å². The van der Waals surface area contributed by atoms with E-state index in [0.29, 0.717) is 12.1 Å². The Hall–Kier alpha value is -2.37. The van der Waals surface area contributed by atoms with Gasteiger partial charge in [0.2, 0.25) is 5.91 Å². The van der Waals surface area contributed by atoms with Gasteiger partial charge in [-0.1, -0.05) is 26.0 Å². The molecule has 6 heteroatoms. The van der Waals surface area contributed by atoms with Crippen LogP contribution < -0.4 is 0 Å². The van der Waals surface area contributed by atoms with E-state index in [4.69, 9.17) is 5.11 Å². The highest BCUT2D eigenvalue weighted by atomic mass is 16.4. The molecule has 0 bridgehead atoms. The highest BCUT2D eigenvalue weighted by molar-refractivity contribution is 5.94. The number of benzene rings is 1. The Morgan fingerprint density at radius 2 is 1.60 bits per heavy atom. The van der Waals surface area contributed by atoms with Crippen molar-refractivity contribution in [2.75, 3.05) is 13.6 Å². The van der Waals surface area contributed by atoms with Crippen LogP contribution in [-0.2, 0) is 16.1 Å². The predicted molar refractivity (Wildman–Crippen MR) is 96.2 cm³/mol. The highest BCUT2D eigenvalue weighted by Crippen LogP contribution is 2.13. The Kier molecular flexibility index (Phi) is 7.61. The largest absolute Gasteiger partial charge is 0.481 e. The summed E-state index contributed by atoms with van der Waals surface area (Å²) in [4.78, 5) is 38.5. The third-order valence-electron chi connectivity index (χ3n) is 3.94. The third-order valence-corrected chi connectivity index (χ3v) is 3.94. The number of carboxylic acids is 1. The van der Waals surface area contributed by atoms with Gasteiger partial charge in [-0.2, -0.15) is 0 Å². The second-order valence-corrected chi connectivity index (χ2v) is 6.78. The quantitative estimate of drug-likeness (QED) is 0.783. The first kappa shape index (κ1) is 20.7. The van der Waals surface area contributed by atoms with Gasteiger partial charge in [-0.15, -0.1) is 0 Å². The summed E-state index contributed by atoms with van der Waals surface area (Å²) in [6.07, 6.45) is -0.0793. The van der Waals surface area contributed by atoms with Crippen molar-refractivity contribution in [2.24, 2.45) is 5.92 Å². The minimum Gasteiger partial charge on any atom is -0.481 e. The third kappa shape index (κ3) is 6.21. The highest BCUT2D eigenvalue weighted by Gasteiger charge is 2.20. The molecule has 138 valence electrons. The summed E-state index contributed by atoms with van der Waals surface area (Å²) in [6.45, 7) is 8.11. The Labute approximate surface area is 149 Å².